The Morgan fingerprint density at radius 1 is 0.909 bits per heavy atom. The van der Waals surface area contributed by atoms with Gasteiger partial charge in [0.05, 0.1) is 12.1 Å². The number of aryl methyl sites for hydroxylation is 1. The molecule has 4 bridgehead atoms. The summed E-state index contributed by atoms with van der Waals surface area (Å²) in [6.45, 7) is 7.12. The standard InChI is InChI=1S/C28H31N3O2/c1-25(2)14-9-10-26(25,3)16(12-14)29-23(32)30-21-17-18-20-19(17)27(21)11-8-13-6-4-5-7-15(13)28(20,27)22(18)31(30)24(29)33/h4-7,14,16-22H,8-12H2,1-3H3/t14-,16+,17+,18+,19+,20+,21-,22-,26-,27+,28-/m0/s1. The molecule has 170 valence electrons. The summed E-state index contributed by atoms with van der Waals surface area (Å²) in [5, 5.41) is 0. The van der Waals surface area contributed by atoms with Gasteiger partial charge in [0.2, 0.25) is 0 Å². The largest absolute Gasteiger partial charge is 0.347 e. The van der Waals surface area contributed by atoms with Gasteiger partial charge in [-0.1, -0.05) is 45.0 Å². The van der Waals surface area contributed by atoms with E-state index >= 15 is 0 Å². The summed E-state index contributed by atoms with van der Waals surface area (Å²) in [7, 11) is 0. The molecule has 1 aromatic carbocycles. The second-order valence-corrected chi connectivity index (χ2v) is 13.9. The van der Waals surface area contributed by atoms with Gasteiger partial charge in [0.15, 0.2) is 0 Å². The number of rotatable bonds is 1. The molecule has 33 heavy (non-hydrogen) atoms. The van der Waals surface area contributed by atoms with Crippen LogP contribution in [-0.4, -0.2) is 13.9 Å². The smallest absolute Gasteiger partial charge is 0.246 e. The van der Waals surface area contributed by atoms with E-state index in [9.17, 15) is 9.59 Å². The molecule has 2 aliphatic heterocycles. The SMILES string of the molecule is CC1(C)[C@H]2CC[C@@]1(C)[C@H](n1c(=O)n3n(c1=O)[C@H]1[C@@H]4[C@@H]5[C@@H]6[C@@H]4[C@@]14c1ccccc1CC[C@]64[C@H]53)C2. The van der Waals surface area contributed by atoms with Crippen molar-refractivity contribution in [1.82, 2.24) is 13.9 Å². The molecule has 0 N–H and O–H groups in total. The zero-order valence-electron chi connectivity index (χ0n) is 19.6. The van der Waals surface area contributed by atoms with E-state index in [1.165, 1.54) is 24.0 Å². The molecule has 1 aromatic heterocycles. The molecule has 11 rings (SSSR count). The highest BCUT2D eigenvalue weighted by atomic mass is 16.2. The van der Waals surface area contributed by atoms with Crippen molar-refractivity contribution in [1.29, 1.82) is 0 Å². The van der Waals surface area contributed by atoms with E-state index in [-0.39, 0.29) is 51.2 Å². The molecule has 2 spiro atoms. The molecule has 5 nitrogen and oxygen atoms in total. The Labute approximate surface area is 192 Å². The van der Waals surface area contributed by atoms with E-state index in [2.05, 4.69) is 45.0 Å². The number of nitrogens with zero attached hydrogens (tertiary/aromatic N) is 3. The normalized spacial score (nSPS) is 55.4. The minimum atomic E-state index is 0.0165. The van der Waals surface area contributed by atoms with E-state index < -0.39 is 0 Å². The van der Waals surface area contributed by atoms with E-state index in [0.717, 1.165) is 31.1 Å². The highest BCUT2D eigenvalue weighted by Crippen LogP contribution is 3.03. The number of hydrogen-bond acceptors (Lipinski definition) is 2. The maximum atomic E-state index is 14.2. The summed E-state index contributed by atoms with van der Waals surface area (Å²) in [6, 6.07) is 9.60. The second kappa shape index (κ2) is 4.35. The first-order valence-corrected chi connectivity index (χ1v) is 13.4. The fourth-order valence-electron chi connectivity index (χ4n) is 12.8. The minimum Gasteiger partial charge on any atom is -0.246 e. The second-order valence-electron chi connectivity index (χ2n) is 13.9. The van der Waals surface area contributed by atoms with Crippen LogP contribution in [0.15, 0.2) is 33.9 Å². The van der Waals surface area contributed by atoms with Crippen LogP contribution in [0.4, 0.5) is 0 Å². The van der Waals surface area contributed by atoms with Crippen LogP contribution < -0.4 is 11.4 Å². The Kier molecular flexibility index (Phi) is 2.30. The van der Waals surface area contributed by atoms with Crippen LogP contribution in [0, 0.1) is 45.8 Å². The van der Waals surface area contributed by atoms with E-state index in [1.54, 1.807) is 4.57 Å². The van der Waals surface area contributed by atoms with Crippen molar-refractivity contribution >= 4 is 0 Å². The highest BCUT2D eigenvalue weighted by Gasteiger charge is 3.03. The molecule has 3 heterocycles. The van der Waals surface area contributed by atoms with Crippen molar-refractivity contribution in [2.75, 3.05) is 0 Å². The van der Waals surface area contributed by atoms with Gasteiger partial charge in [-0.3, -0.25) is 0 Å². The number of hydrogen-bond donors (Lipinski definition) is 0. The molecule has 7 aliphatic carbocycles. The summed E-state index contributed by atoms with van der Waals surface area (Å²) in [6.07, 6.45) is 5.71. The van der Waals surface area contributed by atoms with Gasteiger partial charge in [-0.2, -0.15) is 0 Å². The van der Waals surface area contributed by atoms with Crippen LogP contribution >= 0.6 is 0 Å². The monoisotopic (exact) mass is 441 g/mol. The van der Waals surface area contributed by atoms with E-state index in [1.807, 2.05) is 9.36 Å². The van der Waals surface area contributed by atoms with Crippen LogP contribution in [0.25, 0.3) is 0 Å². The summed E-state index contributed by atoms with van der Waals surface area (Å²) in [4.78, 5) is 28.4. The maximum Gasteiger partial charge on any atom is 0.347 e. The van der Waals surface area contributed by atoms with Crippen LogP contribution in [0.1, 0.15) is 75.7 Å². The molecular weight excluding hydrogens is 410 g/mol. The summed E-state index contributed by atoms with van der Waals surface area (Å²) >= 11 is 0. The van der Waals surface area contributed by atoms with Crippen molar-refractivity contribution in [2.24, 2.45) is 45.8 Å². The van der Waals surface area contributed by atoms with Crippen molar-refractivity contribution in [2.45, 2.75) is 76.4 Å². The van der Waals surface area contributed by atoms with Crippen LogP contribution in [0.5, 0.6) is 0 Å². The predicted octanol–water partition coefficient (Wildman–Crippen LogP) is 3.68. The van der Waals surface area contributed by atoms with Gasteiger partial charge in [0.25, 0.3) is 0 Å². The summed E-state index contributed by atoms with van der Waals surface area (Å²) in [5.74, 6) is 3.49. The van der Waals surface area contributed by atoms with Crippen LogP contribution in [0.3, 0.4) is 0 Å². The summed E-state index contributed by atoms with van der Waals surface area (Å²) in [5.41, 5.74) is 3.69. The van der Waals surface area contributed by atoms with Gasteiger partial charge in [-0.15, -0.1) is 0 Å². The molecule has 6 fully saturated rings. The number of fused-ring (bicyclic) bond motifs is 3. The molecule has 2 aromatic rings. The Morgan fingerprint density at radius 3 is 2.36 bits per heavy atom. The summed E-state index contributed by atoms with van der Waals surface area (Å²) < 4.78 is 5.84. The molecule has 9 aliphatic rings. The minimum absolute atomic E-state index is 0.0165. The first-order valence-electron chi connectivity index (χ1n) is 13.4. The predicted molar refractivity (Wildman–Crippen MR) is 122 cm³/mol. The molecule has 0 radical (unpaired) electrons. The first-order chi connectivity index (χ1) is 15.8. The molecule has 0 unspecified atom stereocenters. The van der Waals surface area contributed by atoms with Crippen molar-refractivity contribution in [3.05, 3.63) is 56.4 Å². The van der Waals surface area contributed by atoms with Gasteiger partial charge >= 0.3 is 11.4 Å². The molecule has 5 heteroatoms. The van der Waals surface area contributed by atoms with Crippen molar-refractivity contribution in [3.63, 3.8) is 0 Å². The fraction of sp³-hybridized carbons (Fsp3) is 0.714. The zero-order valence-corrected chi connectivity index (χ0v) is 19.6. The lowest BCUT2D eigenvalue weighted by atomic mass is 9.04. The molecule has 0 amide bonds. The average molecular weight is 442 g/mol. The molecule has 0 saturated heterocycles. The lowest BCUT2D eigenvalue weighted by Crippen LogP contribution is -3.02. The molecular formula is C28H31N3O2. The van der Waals surface area contributed by atoms with Gasteiger partial charge in [0, 0.05) is 16.9 Å². The van der Waals surface area contributed by atoms with Crippen molar-refractivity contribution in [3.8, 4) is 0 Å². The van der Waals surface area contributed by atoms with Gasteiger partial charge in [-0.25, -0.2) is 23.5 Å². The zero-order chi connectivity index (χ0) is 22.0. The van der Waals surface area contributed by atoms with Crippen molar-refractivity contribution < 1.29 is 0 Å². The average Bonchev–Trinajstić information content (AvgIpc) is 3.24. The number of benzene rings is 1. The first kappa shape index (κ1) is 17.4. The topological polar surface area (TPSA) is 48.9 Å². The van der Waals surface area contributed by atoms with E-state index in [0.29, 0.717) is 17.8 Å². The van der Waals surface area contributed by atoms with E-state index in [4.69, 9.17) is 0 Å². The van der Waals surface area contributed by atoms with Gasteiger partial charge in [0.1, 0.15) is 0 Å². The van der Waals surface area contributed by atoms with Crippen LogP contribution in [0.2, 0.25) is 0 Å². The Balaban J connectivity index is 1.24. The third kappa shape index (κ3) is 1.18. The molecule has 6 saturated carbocycles. The Hall–Kier alpha value is -2.04. The fourth-order valence-corrected chi connectivity index (χ4v) is 12.8. The van der Waals surface area contributed by atoms with Gasteiger partial charge in [-0.05, 0) is 83.7 Å². The highest BCUT2D eigenvalue weighted by molar-refractivity contribution is 5.61. The third-order valence-electron chi connectivity index (χ3n) is 14.2. The third-order valence-corrected chi connectivity index (χ3v) is 14.2. The Bertz CT molecular complexity index is 1480. The quantitative estimate of drug-likeness (QED) is 0.678. The maximum absolute atomic E-state index is 14.2. The Morgan fingerprint density at radius 2 is 1.64 bits per heavy atom. The molecule has 11 atom stereocenters. The lowest BCUT2D eigenvalue weighted by Gasteiger charge is -3.02. The van der Waals surface area contributed by atoms with Gasteiger partial charge < -0.3 is 0 Å². The number of aromatic nitrogens is 3. The van der Waals surface area contributed by atoms with Crippen LogP contribution in [-0.2, 0) is 11.8 Å². The lowest BCUT2D eigenvalue weighted by molar-refractivity contribution is -0.522.